The lowest BCUT2D eigenvalue weighted by Crippen LogP contribution is -2.46. The normalized spacial score (nSPS) is 29.9. The van der Waals surface area contributed by atoms with Gasteiger partial charge in [-0.25, -0.2) is 4.79 Å². The van der Waals surface area contributed by atoms with Gasteiger partial charge in [-0.3, -0.25) is 4.79 Å². The number of furan rings is 1. The van der Waals surface area contributed by atoms with Crippen LogP contribution in [0.2, 0.25) is 0 Å². The average molecular weight is 303 g/mol. The number of nitrogens with one attached hydrogen (secondary N) is 2. The van der Waals surface area contributed by atoms with Crippen LogP contribution < -0.4 is 10.6 Å². The van der Waals surface area contributed by atoms with Crippen molar-refractivity contribution >= 4 is 11.9 Å². The summed E-state index contributed by atoms with van der Waals surface area (Å²) < 4.78 is 5.92. The number of carbonyl (C=O) groups is 2. The molecule has 3 fully saturated rings. The van der Waals surface area contributed by atoms with Crippen LogP contribution >= 0.6 is 0 Å². The lowest BCUT2D eigenvalue weighted by molar-refractivity contribution is -0.134. The first-order chi connectivity index (χ1) is 10.6. The van der Waals surface area contributed by atoms with E-state index in [-0.39, 0.29) is 11.9 Å². The maximum atomic E-state index is 12.6. The van der Waals surface area contributed by atoms with Gasteiger partial charge in [0.25, 0.3) is 0 Å². The van der Waals surface area contributed by atoms with Gasteiger partial charge in [-0.15, -0.1) is 0 Å². The summed E-state index contributed by atoms with van der Waals surface area (Å²) in [6.07, 6.45) is 3.26. The van der Waals surface area contributed by atoms with Gasteiger partial charge in [0.05, 0.1) is 6.54 Å². The number of hydrogen-bond donors (Lipinski definition) is 2. The van der Waals surface area contributed by atoms with Gasteiger partial charge in [0.2, 0.25) is 5.91 Å². The second kappa shape index (κ2) is 5.04. The summed E-state index contributed by atoms with van der Waals surface area (Å²) in [4.78, 5) is 25.7. The zero-order valence-corrected chi connectivity index (χ0v) is 12.7. The van der Waals surface area contributed by atoms with Crippen LogP contribution in [0.25, 0.3) is 0 Å². The topological polar surface area (TPSA) is 74.6 Å². The number of urea groups is 1. The summed E-state index contributed by atoms with van der Waals surface area (Å²) in [7, 11) is 0. The Bertz CT molecular complexity index is 608. The van der Waals surface area contributed by atoms with E-state index in [1.165, 1.54) is 6.42 Å². The SMILES string of the molecule is CC1CC1c1ccc(CN(C(=O)C2CNC(=O)N2)C2CC2)o1. The molecule has 2 N–H and O–H groups in total. The molecule has 2 saturated carbocycles. The quantitative estimate of drug-likeness (QED) is 0.867. The lowest BCUT2D eigenvalue weighted by atomic mass is 10.2. The van der Waals surface area contributed by atoms with E-state index in [2.05, 4.69) is 17.6 Å². The Balaban J connectivity index is 1.44. The van der Waals surface area contributed by atoms with E-state index in [1.54, 1.807) is 0 Å². The molecule has 0 aromatic carbocycles. The predicted molar refractivity (Wildman–Crippen MR) is 79.1 cm³/mol. The zero-order valence-electron chi connectivity index (χ0n) is 12.7. The first-order valence-electron chi connectivity index (χ1n) is 8.05. The van der Waals surface area contributed by atoms with Crippen molar-refractivity contribution < 1.29 is 14.0 Å². The van der Waals surface area contributed by atoms with Gasteiger partial charge in [0.15, 0.2) is 0 Å². The van der Waals surface area contributed by atoms with Gasteiger partial charge < -0.3 is 20.0 Å². The molecule has 2 heterocycles. The molecule has 3 atom stereocenters. The third-order valence-electron chi connectivity index (χ3n) is 4.82. The van der Waals surface area contributed by atoms with Crippen LogP contribution in [0, 0.1) is 5.92 Å². The highest BCUT2D eigenvalue weighted by molar-refractivity contribution is 5.90. The Morgan fingerprint density at radius 1 is 1.41 bits per heavy atom. The molecule has 118 valence electrons. The van der Waals surface area contributed by atoms with Gasteiger partial charge >= 0.3 is 6.03 Å². The molecule has 6 nitrogen and oxygen atoms in total. The van der Waals surface area contributed by atoms with Crippen molar-refractivity contribution in [1.29, 1.82) is 0 Å². The van der Waals surface area contributed by atoms with Crippen molar-refractivity contribution in [3.05, 3.63) is 23.7 Å². The Hall–Kier alpha value is -1.98. The number of carbonyl (C=O) groups excluding carboxylic acids is 2. The highest BCUT2D eigenvalue weighted by Gasteiger charge is 2.40. The van der Waals surface area contributed by atoms with Gasteiger partial charge in [-0.1, -0.05) is 6.92 Å². The van der Waals surface area contributed by atoms with Crippen molar-refractivity contribution in [1.82, 2.24) is 15.5 Å². The molecule has 3 amide bonds. The molecule has 2 aliphatic carbocycles. The molecule has 1 aromatic heterocycles. The van der Waals surface area contributed by atoms with Crippen molar-refractivity contribution in [3.8, 4) is 0 Å². The largest absolute Gasteiger partial charge is 0.464 e. The zero-order chi connectivity index (χ0) is 15.3. The van der Waals surface area contributed by atoms with E-state index in [9.17, 15) is 9.59 Å². The summed E-state index contributed by atoms with van der Waals surface area (Å²) in [5.41, 5.74) is 0. The number of amides is 3. The van der Waals surface area contributed by atoms with Gasteiger partial charge in [-0.05, 0) is 37.3 Å². The Morgan fingerprint density at radius 2 is 2.18 bits per heavy atom. The molecular weight excluding hydrogens is 282 g/mol. The van der Waals surface area contributed by atoms with Crippen LogP contribution in [-0.4, -0.2) is 35.5 Å². The van der Waals surface area contributed by atoms with Crippen molar-refractivity contribution in [2.75, 3.05) is 6.54 Å². The molecule has 3 aliphatic rings. The lowest BCUT2D eigenvalue weighted by Gasteiger charge is -2.24. The minimum atomic E-state index is -0.453. The molecule has 3 unspecified atom stereocenters. The predicted octanol–water partition coefficient (Wildman–Crippen LogP) is 1.58. The Morgan fingerprint density at radius 3 is 2.77 bits per heavy atom. The molecule has 1 aromatic rings. The van der Waals surface area contributed by atoms with E-state index in [1.807, 2.05) is 17.0 Å². The van der Waals surface area contributed by atoms with E-state index >= 15 is 0 Å². The fourth-order valence-corrected chi connectivity index (χ4v) is 3.14. The second-order valence-electron chi connectivity index (χ2n) is 6.73. The molecule has 0 spiro atoms. The highest BCUT2D eigenvalue weighted by atomic mass is 16.3. The highest BCUT2D eigenvalue weighted by Crippen LogP contribution is 2.47. The van der Waals surface area contributed by atoms with Crippen LogP contribution in [0.3, 0.4) is 0 Å². The maximum Gasteiger partial charge on any atom is 0.315 e. The molecule has 0 radical (unpaired) electrons. The van der Waals surface area contributed by atoms with Gasteiger partial charge in [0.1, 0.15) is 17.6 Å². The Kier molecular flexibility index (Phi) is 3.13. The van der Waals surface area contributed by atoms with E-state index in [0.717, 1.165) is 24.4 Å². The first-order valence-corrected chi connectivity index (χ1v) is 8.05. The van der Waals surface area contributed by atoms with Gasteiger partial charge in [0, 0.05) is 18.5 Å². The molecule has 22 heavy (non-hydrogen) atoms. The third kappa shape index (κ3) is 2.58. The molecule has 1 aliphatic heterocycles. The van der Waals surface area contributed by atoms with E-state index < -0.39 is 6.04 Å². The molecular formula is C16H21N3O3. The number of rotatable bonds is 5. The number of nitrogens with zero attached hydrogens (tertiary/aromatic N) is 1. The van der Waals surface area contributed by atoms with Crippen LogP contribution in [0.4, 0.5) is 4.79 Å². The fourth-order valence-electron chi connectivity index (χ4n) is 3.14. The van der Waals surface area contributed by atoms with Crippen LogP contribution in [0.5, 0.6) is 0 Å². The average Bonchev–Trinajstić information content (AvgIpc) is 3.37. The molecule has 4 rings (SSSR count). The number of hydrogen-bond acceptors (Lipinski definition) is 3. The van der Waals surface area contributed by atoms with Crippen molar-refractivity contribution in [2.24, 2.45) is 5.92 Å². The maximum absolute atomic E-state index is 12.6. The van der Waals surface area contributed by atoms with E-state index in [0.29, 0.717) is 31.0 Å². The monoisotopic (exact) mass is 303 g/mol. The minimum absolute atomic E-state index is 0.0152. The molecule has 1 saturated heterocycles. The second-order valence-corrected chi connectivity index (χ2v) is 6.73. The summed E-state index contributed by atoms with van der Waals surface area (Å²) >= 11 is 0. The van der Waals surface area contributed by atoms with Crippen LogP contribution in [-0.2, 0) is 11.3 Å². The van der Waals surface area contributed by atoms with Crippen molar-refractivity contribution in [3.63, 3.8) is 0 Å². The Labute approximate surface area is 129 Å². The fraction of sp³-hybridized carbons (Fsp3) is 0.625. The third-order valence-corrected chi connectivity index (χ3v) is 4.82. The summed E-state index contributed by atoms with van der Waals surface area (Å²) in [6, 6.07) is 3.59. The van der Waals surface area contributed by atoms with Gasteiger partial charge in [-0.2, -0.15) is 0 Å². The molecule has 0 bridgehead atoms. The summed E-state index contributed by atoms with van der Waals surface area (Å²) in [6.45, 7) is 3.09. The molecule has 6 heteroatoms. The van der Waals surface area contributed by atoms with Crippen LogP contribution in [0.1, 0.15) is 43.6 Å². The van der Waals surface area contributed by atoms with Crippen LogP contribution in [0.15, 0.2) is 16.5 Å². The van der Waals surface area contributed by atoms with Crippen molar-refractivity contribution in [2.45, 2.75) is 50.7 Å². The summed E-state index contributed by atoms with van der Waals surface area (Å²) in [5, 5.41) is 5.31. The van der Waals surface area contributed by atoms with E-state index in [4.69, 9.17) is 4.42 Å². The standard InChI is InChI=1S/C16H21N3O3/c1-9-6-12(9)14-5-4-11(22-14)8-19(10-2-3-10)15(20)13-7-17-16(21)18-13/h4-5,9-10,12-13H,2-3,6-8H2,1H3,(H2,17,18,21). The smallest absolute Gasteiger partial charge is 0.315 e. The first kappa shape index (κ1) is 13.7. The summed E-state index contributed by atoms with van der Waals surface area (Å²) in [5.74, 6) is 3.13. The minimum Gasteiger partial charge on any atom is -0.464 e.